The van der Waals surface area contributed by atoms with E-state index in [4.69, 9.17) is 0 Å². The van der Waals surface area contributed by atoms with Crippen LogP contribution in [0.25, 0.3) is 0 Å². The molecule has 0 aliphatic heterocycles. The first-order valence-electron chi connectivity index (χ1n) is 7.45. The van der Waals surface area contributed by atoms with Crippen molar-refractivity contribution in [2.24, 2.45) is 13.0 Å². The van der Waals surface area contributed by atoms with Crippen LogP contribution in [0.5, 0.6) is 0 Å². The lowest BCUT2D eigenvalue weighted by Gasteiger charge is -2.28. The molecule has 18 heavy (non-hydrogen) atoms. The zero-order valence-electron chi connectivity index (χ0n) is 12.1. The summed E-state index contributed by atoms with van der Waals surface area (Å²) in [6.45, 7) is 5.49. The van der Waals surface area contributed by atoms with Crippen LogP contribution in [0.1, 0.15) is 57.2 Å². The van der Waals surface area contributed by atoms with Gasteiger partial charge in [0.25, 0.3) is 0 Å². The first kappa shape index (κ1) is 13.6. The minimum absolute atomic E-state index is 0.634. The molecule has 3 nitrogen and oxygen atoms in total. The van der Waals surface area contributed by atoms with Gasteiger partial charge in [0.1, 0.15) is 0 Å². The second kappa shape index (κ2) is 6.37. The van der Waals surface area contributed by atoms with Crippen LogP contribution in [-0.2, 0) is 20.0 Å². The van der Waals surface area contributed by atoms with Gasteiger partial charge in [-0.2, -0.15) is 5.10 Å². The van der Waals surface area contributed by atoms with E-state index in [1.807, 2.05) is 11.7 Å². The molecule has 1 aliphatic carbocycles. The van der Waals surface area contributed by atoms with Gasteiger partial charge in [0.05, 0.1) is 5.69 Å². The van der Waals surface area contributed by atoms with Crippen molar-refractivity contribution in [2.75, 3.05) is 0 Å². The molecule has 0 radical (unpaired) electrons. The van der Waals surface area contributed by atoms with Crippen LogP contribution < -0.4 is 5.32 Å². The Morgan fingerprint density at radius 3 is 2.78 bits per heavy atom. The van der Waals surface area contributed by atoms with Gasteiger partial charge in [0.2, 0.25) is 0 Å². The molecule has 1 aliphatic rings. The van der Waals surface area contributed by atoms with E-state index in [0.717, 1.165) is 18.9 Å². The van der Waals surface area contributed by atoms with Gasteiger partial charge in [-0.25, -0.2) is 0 Å². The third kappa shape index (κ3) is 3.35. The standard InChI is InChI=1S/C15H27N3/c1-4-15-14(11-18(3)17-15)10-16-12(2)13-8-6-5-7-9-13/h11-13,16H,4-10H2,1-3H3. The van der Waals surface area contributed by atoms with Crippen molar-refractivity contribution in [3.05, 3.63) is 17.5 Å². The maximum atomic E-state index is 4.50. The Labute approximate surface area is 111 Å². The van der Waals surface area contributed by atoms with Gasteiger partial charge in [-0.15, -0.1) is 0 Å². The van der Waals surface area contributed by atoms with Gasteiger partial charge >= 0.3 is 0 Å². The second-order valence-electron chi connectivity index (χ2n) is 5.70. The van der Waals surface area contributed by atoms with Crippen molar-refractivity contribution in [3.8, 4) is 0 Å². The van der Waals surface area contributed by atoms with Crippen molar-refractivity contribution in [2.45, 2.75) is 65.0 Å². The molecule has 0 bridgehead atoms. The lowest BCUT2D eigenvalue weighted by Crippen LogP contribution is -2.34. The number of rotatable bonds is 5. The van der Waals surface area contributed by atoms with Crippen molar-refractivity contribution >= 4 is 0 Å². The Morgan fingerprint density at radius 2 is 2.11 bits per heavy atom. The van der Waals surface area contributed by atoms with Crippen LogP contribution >= 0.6 is 0 Å². The molecule has 0 aromatic carbocycles. The number of aryl methyl sites for hydroxylation is 2. The van der Waals surface area contributed by atoms with Crippen LogP contribution in [0.2, 0.25) is 0 Å². The molecule has 1 N–H and O–H groups in total. The molecule has 1 fully saturated rings. The summed E-state index contributed by atoms with van der Waals surface area (Å²) < 4.78 is 1.93. The summed E-state index contributed by atoms with van der Waals surface area (Å²) in [5, 5.41) is 8.20. The summed E-state index contributed by atoms with van der Waals surface area (Å²) in [5.74, 6) is 0.875. The lowest BCUT2D eigenvalue weighted by molar-refractivity contribution is 0.280. The Morgan fingerprint density at radius 1 is 1.39 bits per heavy atom. The van der Waals surface area contributed by atoms with E-state index >= 15 is 0 Å². The molecule has 2 rings (SSSR count). The molecule has 1 atom stereocenters. The Kier molecular flexibility index (Phi) is 4.81. The maximum absolute atomic E-state index is 4.50. The monoisotopic (exact) mass is 249 g/mol. The van der Waals surface area contributed by atoms with Gasteiger partial charge in [-0.3, -0.25) is 4.68 Å². The lowest BCUT2D eigenvalue weighted by atomic mass is 9.84. The van der Waals surface area contributed by atoms with Crippen LogP contribution in [0.15, 0.2) is 6.20 Å². The number of nitrogens with one attached hydrogen (secondary N) is 1. The zero-order chi connectivity index (χ0) is 13.0. The van der Waals surface area contributed by atoms with Gasteiger partial charge in [-0.1, -0.05) is 26.2 Å². The molecule has 0 amide bonds. The van der Waals surface area contributed by atoms with Gasteiger partial charge < -0.3 is 5.32 Å². The minimum atomic E-state index is 0.634. The number of aromatic nitrogens is 2. The smallest absolute Gasteiger partial charge is 0.0666 e. The van der Waals surface area contributed by atoms with Crippen LogP contribution in [0.4, 0.5) is 0 Å². The summed E-state index contributed by atoms with van der Waals surface area (Å²) in [6, 6.07) is 0.634. The van der Waals surface area contributed by atoms with Crippen molar-refractivity contribution in [1.82, 2.24) is 15.1 Å². The summed E-state index contributed by atoms with van der Waals surface area (Å²) in [4.78, 5) is 0. The number of hydrogen-bond donors (Lipinski definition) is 1. The highest BCUT2D eigenvalue weighted by Crippen LogP contribution is 2.26. The zero-order valence-corrected chi connectivity index (χ0v) is 12.1. The molecule has 0 spiro atoms. The van der Waals surface area contributed by atoms with E-state index in [-0.39, 0.29) is 0 Å². The summed E-state index contributed by atoms with van der Waals surface area (Å²) in [6.07, 6.45) is 10.3. The van der Waals surface area contributed by atoms with Crippen LogP contribution in [0, 0.1) is 5.92 Å². The predicted molar refractivity (Wildman–Crippen MR) is 75.5 cm³/mol. The summed E-state index contributed by atoms with van der Waals surface area (Å²) >= 11 is 0. The van der Waals surface area contributed by atoms with E-state index in [1.165, 1.54) is 43.4 Å². The first-order valence-corrected chi connectivity index (χ1v) is 7.45. The average Bonchev–Trinajstić information content (AvgIpc) is 2.77. The van der Waals surface area contributed by atoms with Gasteiger partial charge in [0, 0.05) is 31.4 Å². The van der Waals surface area contributed by atoms with Gasteiger partial charge in [-0.05, 0) is 32.1 Å². The first-order chi connectivity index (χ1) is 8.70. The fourth-order valence-electron chi connectivity index (χ4n) is 3.10. The van der Waals surface area contributed by atoms with Crippen molar-refractivity contribution < 1.29 is 0 Å². The van der Waals surface area contributed by atoms with Gasteiger partial charge in [0.15, 0.2) is 0 Å². The number of hydrogen-bond acceptors (Lipinski definition) is 2. The fraction of sp³-hybridized carbons (Fsp3) is 0.800. The normalized spacial score (nSPS) is 19.1. The molecule has 102 valence electrons. The fourth-order valence-corrected chi connectivity index (χ4v) is 3.10. The highest BCUT2D eigenvalue weighted by molar-refractivity contribution is 5.16. The van der Waals surface area contributed by atoms with Crippen molar-refractivity contribution in [3.63, 3.8) is 0 Å². The SMILES string of the molecule is CCc1nn(C)cc1CNC(C)C1CCCCC1. The largest absolute Gasteiger partial charge is 0.310 e. The Hall–Kier alpha value is -0.830. The highest BCUT2D eigenvalue weighted by atomic mass is 15.3. The maximum Gasteiger partial charge on any atom is 0.0666 e. The van der Waals surface area contributed by atoms with E-state index in [0.29, 0.717) is 6.04 Å². The Balaban J connectivity index is 1.86. The van der Waals surface area contributed by atoms with E-state index in [2.05, 4.69) is 30.5 Å². The van der Waals surface area contributed by atoms with Crippen molar-refractivity contribution in [1.29, 1.82) is 0 Å². The van der Waals surface area contributed by atoms with E-state index in [1.54, 1.807) is 0 Å². The summed E-state index contributed by atoms with van der Waals surface area (Å²) in [7, 11) is 2.01. The third-order valence-electron chi connectivity index (χ3n) is 4.30. The molecule has 1 heterocycles. The van der Waals surface area contributed by atoms with Crippen LogP contribution in [0.3, 0.4) is 0 Å². The third-order valence-corrected chi connectivity index (χ3v) is 4.30. The molecular formula is C15H27N3. The molecule has 1 unspecified atom stereocenters. The molecule has 1 aromatic heterocycles. The van der Waals surface area contributed by atoms with E-state index in [9.17, 15) is 0 Å². The van der Waals surface area contributed by atoms with Crippen LogP contribution in [-0.4, -0.2) is 15.8 Å². The molecule has 1 saturated carbocycles. The molecule has 3 heteroatoms. The Bertz CT molecular complexity index is 364. The molecular weight excluding hydrogens is 222 g/mol. The highest BCUT2D eigenvalue weighted by Gasteiger charge is 2.19. The molecule has 1 aromatic rings. The van der Waals surface area contributed by atoms with E-state index < -0.39 is 0 Å². The topological polar surface area (TPSA) is 29.9 Å². The summed E-state index contributed by atoms with van der Waals surface area (Å²) in [5.41, 5.74) is 2.60. The molecule has 0 saturated heterocycles. The average molecular weight is 249 g/mol. The second-order valence-corrected chi connectivity index (χ2v) is 5.70. The minimum Gasteiger partial charge on any atom is -0.310 e. The quantitative estimate of drug-likeness (QED) is 0.869. The number of nitrogens with zero attached hydrogens (tertiary/aromatic N) is 2. The predicted octanol–water partition coefficient (Wildman–Crippen LogP) is 3.04.